The quantitative estimate of drug-likeness (QED) is 0.163. The number of hydrogen-bond donors (Lipinski definition) is 1. The number of nitriles is 1. The summed E-state index contributed by atoms with van der Waals surface area (Å²) in [6.45, 7) is 0. The number of rotatable bonds is 10. The van der Waals surface area contributed by atoms with Crippen LogP contribution in [0.5, 0.6) is 0 Å². The second kappa shape index (κ2) is 13.0. The average Bonchev–Trinajstić information content (AvgIpc) is 3.00. The number of nitro benzene ring substituents is 1. The molecule has 0 bridgehead atoms. The molecule has 1 amide bonds. The highest BCUT2D eigenvalue weighted by molar-refractivity contribution is 5.95. The minimum absolute atomic E-state index is 0.0165. The van der Waals surface area contributed by atoms with Gasteiger partial charge in [-0.1, -0.05) is 66.7 Å². The van der Waals surface area contributed by atoms with Crippen LogP contribution in [0.25, 0.3) is 11.1 Å². The van der Waals surface area contributed by atoms with Gasteiger partial charge in [0.25, 0.3) is 11.6 Å². The zero-order valence-electron chi connectivity index (χ0n) is 21.8. The fraction of sp³-hybridized carbons (Fsp3) is 0.156. The third-order valence-corrected chi connectivity index (χ3v) is 6.65. The summed E-state index contributed by atoms with van der Waals surface area (Å²) in [7, 11) is 1.31. The second-order valence-electron chi connectivity index (χ2n) is 9.30. The van der Waals surface area contributed by atoms with Crippen molar-refractivity contribution < 1.29 is 19.2 Å². The zero-order valence-corrected chi connectivity index (χ0v) is 21.8. The van der Waals surface area contributed by atoms with Gasteiger partial charge in [-0.05, 0) is 59.4 Å². The summed E-state index contributed by atoms with van der Waals surface area (Å²) in [6, 6.07) is 31.1. The van der Waals surface area contributed by atoms with Crippen molar-refractivity contribution in [3.63, 3.8) is 0 Å². The Bertz CT molecular complexity index is 1550. The third-order valence-electron chi connectivity index (χ3n) is 6.65. The third kappa shape index (κ3) is 6.97. The van der Waals surface area contributed by atoms with E-state index in [-0.39, 0.29) is 18.0 Å². The smallest absolute Gasteiger partial charge is 0.311 e. The van der Waals surface area contributed by atoms with Crippen LogP contribution in [0.15, 0.2) is 103 Å². The maximum Gasteiger partial charge on any atom is 0.311 e. The van der Waals surface area contributed by atoms with Gasteiger partial charge in [0.05, 0.1) is 29.6 Å². The van der Waals surface area contributed by atoms with E-state index in [0.717, 1.165) is 16.7 Å². The van der Waals surface area contributed by atoms with Gasteiger partial charge in [0.15, 0.2) is 0 Å². The van der Waals surface area contributed by atoms with Gasteiger partial charge in [0.1, 0.15) is 0 Å². The number of amides is 1. The van der Waals surface area contributed by atoms with E-state index in [1.807, 2.05) is 36.4 Å². The number of hydrogen-bond acceptors (Lipinski definition) is 6. The molecule has 4 aromatic carbocycles. The van der Waals surface area contributed by atoms with E-state index in [9.17, 15) is 25.0 Å². The summed E-state index contributed by atoms with van der Waals surface area (Å²) in [5, 5.41) is 23.5. The zero-order chi connectivity index (χ0) is 28.5. The van der Waals surface area contributed by atoms with Gasteiger partial charge in [-0.25, -0.2) is 0 Å². The molecule has 2 unspecified atom stereocenters. The number of carbonyl (C=O) groups is 2. The van der Waals surface area contributed by atoms with Crippen LogP contribution in [-0.4, -0.2) is 30.0 Å². The molecule has 8 nitrogen and oxygen atoms in total. The minimum atomic E-state index is -0.716. The largest absolute Gasteiger partial charge is 0.469 e. The first-order chi connectivity index (χ1) is 19.4. The van der Waals surface area contributed by atoms with Crippen LogP contribution >= 0.6 is 0 Å². The molecule has 0 radical (unpaired) electrons. The Kier molecular flexibility index (Phi) is 9.00. The van der Waals surface area contributed by atoms with Crippen LogP contribution in [0.2, 0.25) is 0 Å². The summed E-state index contributed by atoms with van der Waals surface area (Å²) in [6.07, 6.45) is 0.655. The van der Waals surface area contributed by atoms with Crippen molar-refractivity contribution in [2.45, 2.75) is 18.9 Å². The Morgan fingerprint density at radius 2 is 1.57 bits per heavy atom. The second-order valence-corrected chi connectivity index (χ2v) is 9.30. The van der Waals surface area contributed by atoms with Gasteiger partial charge in [0, 0.05) is 23.7 Å². The average molecular weight is 534 g/mol. The van der Waals surface area contributed by atoms with Gasteiger partial charge in [0.2, 0.25) is 0 Å². The van der Waals surface area contributed by atoms with Crippen molar-refractivity contribution in [1.29, 1.82) is 5.26 Å². The lowest BCUT2D eigenvalue weighted by molar-refractivity contribution is -0.384. The van der Waals surface area contributed by atoms with Crippen LogP contribution in [0.4, 0.5) is 5.69 Å². The molecule has 0 aliphatic rings. The number of nitrogens with zero attached hydrogens (tertiary/aromatic N) is 2. The van der Waals surface area contributed by atoms with Crippen molar-refractivity contribution in [2.75, 3.05) is 7.11 Å². The summed E-state index contributed by atoms with van der Waals surface area (Å²) in [5.74, 6) is -1.55. The van der Waals surface area contributed by atoms with E-state index in [1.165, 1.54) is 19.2 Å². The summed E-state index contributed by atoms with van der Waals surface area (Å²) < 4.78 is 5.14. The van der Waals surface area contributed by atoms with Crippen LogP contribution in [0, 0.1) is 27.4 Å². The first-order valence-electron chi connectivity index (χ1n) is 12.6. The lowest BCUT2D eigenvalue weighted by atomic mass is 9.87. The Hall–Kier alpha value is -5.29. The molecule has 4 rings (SSSR count). The molecular weight excluding hydrogens is 506 g/mol. The molecule has 8 heteroatoms. The summed E-state index contributed by atoms with van der Waals surface area (Å²) in [5.41, 5.74) is 3.95. The highest BCUT2D eigenvalue weighted by Gasteiger charge is 2.31. The Labute approximate surface area is 232 Å². The molecule has 0 spiro atoms. The highest BCUT2D eigenvalue weighted by Crippen LogP contribution is 2.25. The molecule has 0 aliphatic carbocycles. The van der Waals surface area contributed by atoms with Crippen molar-refractivity contribution >= 4 is 17.6 Å². The predicted octanol–water partition coefficient (Wildman–Crippen LogP) is 5.51. The minimum Gasteiger partial charge on any atom is -0.469 e. The topological polar surface area (TPSA) is 122 Å². The fourth-order valence-electron chi connectivity index (χ4n) is 4.59. The number of nitrogens with one attached hydrogen (secondary N) is 1. The van der Waals surface area contributed by atoms with Gasteiger partial charge < -0.3 is 10.1 Å². The number of esters is 1. The lowest BCUT2D eigenvalue weighted by Crippen LogP contribution is -2.46. The molecule has 0 saturated heterocycles. The molecule has 2 atom stereocenters. The Morgan fingerprint density at radius 1 is 0.875 bits per heavy atom. The number of ether oxygens (including phenoxy) is 1. The van der Waals surface area contributed by atoms with Gasteiger partial charge in [-0.15, -0.1) is 0 Å². The predicted molar refractivity (Wildman–Crippen MR) is 150 cm³/mol. The van der Waals surface area contributed by atoms with Crippen molar-refractivity contribution in [3.8, 4) is 17.2 Å². The van der Waals surface area contributed by atoms with Crippen LogP contribution in [-0.2, 0) is 22.4 Å². The van der Waals surface area contributed by atoms with E-state index in [2.05, 4.69) is 11.4 Å². The molecule has 0 heterocycles. The SMILES string of the molecule is COC(=O)C(Cc1cccc(C#N)c1)C(Cc1ccccc1)NC(=O)c1ccc(-c2cccc([N+](=O)[O-])c2)cc1. The molecule has 0 fully saturated rings. The van der Waals surface area contributed by atoms with Crippen LogP contribution < -0.4 is 5.32 Å². The maximum absolute atomic E-state index is 13.4. The first-order valence-corrected chi connectivity index (χ1v) is 12.6. The normalized spacial score (nSPS) is 12.0. The highest BCUT2D eigenvalue weighted by atomic mass is 16.6. The first kappa shape index (κ1) is 27.7. The number of carbonyl (C=O) groups excluding carboxylic acids is 2. The standard InChI is InChI=1S/C32H27N3O5/c1-40-32(37)29(18-23-9-5-10-24(17-23)21-33)30(19-22-7-3-2-4-8-22)34-31(36)26-15-13-25(14-16-26)27-11-6-12-28(20-27)35(38)39/h2-17,20,29-30H,18-19H2,1H3,(H,34,36). The Balaban J connectivity index is 1.61. The van der Waals surface area contributed by atoms with E-state index < -0.39 is 22.9 Å². The maximum atomic E-state index is 13.4. The van der Waals surface area contributed by atoms with Crippen molar-refractivity contribution in [3.05, 3.63) is 135 Å². The summed E-state index contributed by atoms with van der Waals surface area (Å²) >= 11 is 0. The number of benzene rings is 4. The number of nitro groups is 1. The van der Waals surface area contributed by atoms with E-state index in [4.69, 9.17) is 4.74 Å². The molecule has 1 N–H and O–H groups in total. The number of non-ortho nitro benzene ring substituents is 1. The molecule has 4 aromatic rings. The molecular formula is C32H27N3O5. The molecule has 40 heavy (non-hydrogen) atoms. The lowest BCUT2D eigenvalue weighted by Gasteiger charge is -2.27. The van der Waals surface area contributed by atoms with Crippen LogP contribution in [0.3, 0.4) is 0 Å². The van der Waals surface area contributed by atoms with Gasteiger partial charge in [-0.3, -0.25) is 19.7 Å². The van der Waals surface area contributed by atoms with E-state index in [0.29, 0.717) is 23.1 Å². The molecule has 0 saturated carbocycles. The summed E-state index contributed by atoms with van der Waals surface area (Å²) in [4.78, 5) is 37.1. The van der Waals surface area contributed by atoms with Gasteiger partial charge >= 0.3 is 5.97 Å². The van der Waals surface area contributed by atoms with Crippen molar-refractivity contribution in [1.82, 2.24) is 5.32 Å². The van der Waals surface area contributed by atoms with Gasteiger partial charge in [-0.2, -0.15) is 5.26 Å². The fourth-order valence-corrected chi connectivity index (χ4v) is 4.59. The molecule has 200 valence electrons. The number of methoxy groups -OCH3 is 1. The van der Waals surface area contributed by atoms with Crippen molar-refractivity contribution in [2.24, 2.45) is 5.92 Å². The molecule has 0 aliphatic heterocycles. The van der Waals surface area contributed by atoms with E-state index >= 15 is 0 Å². The monoisotopic (exact) mass is 533 g/mol. The van der Waals surface area contributed by atoms with Crippen LogP contribution in [0.1, 0.15) is 27.0 Å². The van der Waals surface area contributed by atoms with E-state index in [1.54, 1.807) is 54.6 Å². The molecule has 0 aromatic heterocycles. The Morgan fingerprint density at radius 3 is 2.25 bits per heavy atom.